The molecule has 5 heteroatoms. The number of anilines is 1. The fraction of sp³-hybridized carbons (Fsp3) is 0.125. The summed E-state index contributed by atoms with van der Waals surface area (Å²) in [6, 6.07) is 2.53. The second-order valence-corrected chi connectivity index (χ2v) is 3.29. The van der Waals surface area contributed by atoms with Gasteiger partial charge in [0.1, 0.15) is 5.82 Å². The van der Waals surface area contributed by atoms with E-state index in [1.165, 1.54) is 6.07 Å². The summed E-state index contributed by atoms with van der Waals surface area (Å²) in [7, 11) is 0. The van der Waals surface area contributed by atoms with Crippen LogP contribution < -0.4 is 5.73 Å². The van der Waals surface area contributed by atoms with Gasteiger partial charge < -0.3 is 10.8 Å². The molecule has 0 spiro atoms. The van der Waals surface area contributed by atoms with Crippen molar-refractivity contribution in [1.29, 1.82) is 0 Å². The molecule has 0 heterocycles. The van der Waals surface area contributed by atoms with Crippen LogP contribution in [0.5, 0.6) is 0 Å². The molecule has 0 saturated heterocycles. The van der Waals surface area contributed by atoms with Crippen LogP contribution in [0, 0.1) is 5.82 Å². The number of nitrogens with two attached hydrogens (primary N) is 1. The van der Waals surface area contributed by atoms with Crippen LogP contribution in [-0.2, 0) is 11.2 Å². The Balaban J connectivity index is 3.17. The zero-order valence-electron chi connectivity index (χ0n) is 6.55. The lowest BCUT2D eigenvalue weighted by Gasteiger charge is -2.05. The molecule has 3 nitrogen and oxygen atoms in total. The SMILES string of the molecule is Nc1ccc(F)c(CC(=O)O)c1Br. The minimum Gasteiger partial charge on any atom is -0.481 e. The third-order valence-electron chi connectivity index (χ3n) is 1.54. The van der Waals surface area contributed by atoms with Gasteiger partial charge in [-0.15, -0.1) is 0 Å². The Labute approximate surface area is 82.5 Å². The first-order chi connectivity index (χ1) is 6.02. The average Bonchev–Trinajstić information content (AvgIpc) is 2.05. The van der Waals surface area contributed by atoms with E-state index in [9.17, 15) is 9.18 Å². The molecule has 0 unspecified atom stereocenters. The van der Waals surface area contributed by atoms with Gasteiger partial charge in [-0.05, 0) is 28.1 Å². The van der Waals surface area contributed by atoms with Gasteiger partial charge in [0.2, 0.25) is 0 Å². The maximum atomic E-state index is 13.0. The fourth-order valence-corrected chi connectivity index (χ4v) is 1.39. The van der Waals surface area contributed by atoms with Crippen LogP contribution in [-0.4, -0.2) is 11.1 Å². The van der Waals surface area contributed by atoms with Crippen molar-refractivity contribution < 1.29 is 14.3 Å². The summed E-state index contributed by atoms with van der Waals surface area (Å²) in [5, 5.41) is 8.48. The van der Waals surface area contributed by atoms with E-state index in [0.717, 1.165) is 6.07 Å². The Morgan fingerprint density at radius 2 is 2.23 bits per heavy atom. The molecule has 13 heavy (non-hydrogen) atoms. The van der Waals surface area contributed by atoms with Crippen LogP contribution in [0.25, 0.3) is 0 Å². The Morgan fingerprint density at radius 3 is 2.77 bits per heavy atom. The van der Waals surface area contributed by atoms with Gasteiger partial charge >= 0.3 is 5.97 Å². The number of halogens is 2. The van der Waals surface area contributed by atoms with E-state index in [4.69, 9.17) is 10.8 Å². The predicted molar refractivity (Wildman–Crippen MR) is 49.9 cm³/mol. The van der Waals surface area contributed by atoms with E-state index in [-0.39, 0.29) is 12.0 Å². The Bertz CT molecular complexity index is 354. The lowest BCUT2D eigenvalue weighted by atomic mass is 10.1. The average molecular weight is 248 g/mol. The summed E-state index contributed by atoms with van der Waals surface area (Å²) in [6.07, 6.45) is -0.378. The molecule has 0 aliphatic heterocycles. The molecule has 0 fully saturated rings. The maximum absolute atomic E-state index is 13.0. The number of hydrogen-bond acceptors (Lipinski definition) is 2. The lowest BCUT2D eigenvalue weighted by Crippen LogP contribution is -2.04. The molecule has 0 aliphatic rings. The minimum absolute atomic E-state index is 0.0764. The smallest absolute Gasteiger partial charge is 0.307 e. The molecule has 1 aromatic rings. The summed E-state index contributed by atoms with van der Waals surface area (Å²) in [6.45, 7) is 0. The number of hydrogen-bond donors (Lipinski definition) is 2. The molecule has 0 aliphatic carbocycles. The van der Waals surface area contributed by atoms with Crippen molar-refractivity contribution in [3.8, 4) is 0 Å². The highest BCUT2D eigenvalue weighted by Gasteiger charge is 2.12. The van der Waals surface area contributed by atoms with Gasteiger partial charge in [-0.1, -0.05) is 0 Å². The first-order valence-corrected chi connectivity index (χ1v) is 4.26. The molecule has 3 N–H and O–H groups in total. The molecule has 1 aromatic carbocycles. The van der Waals surface area contributed by atoms with Gasteiger partial charge in [0, 0.05) is 15.7 Å². The highest BCUT2D eigenvalue weighted by atomic mass is 79.9. The van der Waals surface area contributed by atoms with Crippen LogP contribution in [0.4, 0.5) is 10.1 Å². The van der Waals surface area contributed by atoms with Crippen molar-refractivity contribution in [1.82, 2.24) is 0 Å². The molecule has 0 aromatic heterocycles. The number of carboxylic acids is 1. The third kappa shape index (κ3) is 2.18. The standard InChI is InChI=1S/C8H7BrFNO2/c9-8-4(3-7(12)13)5(10)1-2-6(8)11/h1-2H,3,11H2,(H,12,13). The van der Waals surface area contributed by atoms with Gasteiger partial charge in [0.05, 0.1) is 6.42 Å². The summed E-state index contributed by atoms with van der Waals surface area (Å²) < 4.78 is 13.4. The van der Waals surface area contributed by atoms with Gasteiger partial charge in [-0.25, -0.2) is 4.39 Å². The van der Waals surface area contributed by atoms with Crippen LogP contribution in [0.3, 0.4) is 0 Å². The van der Waals surface area contributed by atoms with E-state index < -0.39 is 11.8 Å². The maximum Gasteiger partial charge on any atom is 0.307 e. The lowest BCUT2D eigenvalue weighted by molar-refractivity contribution is -0.136. The van der Waals surface area contributed by atoms with E-state index in [1.807, 2.05) is 0 Å². The molecule has 0 atom stereocenters. The highest BCUT2D eigenvalue weighted by molar-refractivity contribution is 9.10. The molecule has 0 saturated carbocycles. The quantitative estimate of drug-likeness (QED) is 0.784. The summed E-state index contributed by atoms with van der Waals surface area (Å²) in [4.78, 5) is 10.4. The van der Waals surface area contributed by atoms with E-state index >= 15 is 0 Å². The van der Waals surface area contributed by atoms with E-state index in [1.54, 1.807) is 0 Å². The minimum atomic E-state index is -1.09. The first-order valence-electron chi connectivity index (χ1n) is 3.46. The first kappa shape index (κ1) is 9.98. The Hall–Kier alpha value is -1.10. The molecule has 70 valence electrons. The van der Waals surface area contributed by atoms with Crippen molar-refractivity contribution in [3.05, 3.63) is 28.0 Å². The Morgan fingerprint density at radius 1 is 1.62 bits per heavy atom. The number of nitrogen functional groups attached to an aromatic ring is 1. The second-order valence-electron chi connectivity index (χ2n) is 2.50. The van der Waals surface area contributed by atoms with Crippen molar-refractivity contribution in [2.45, 2.75) is 6.42 Å². The van der Waals surface area contributed by atoms with Crippen molar-refractivity contribution in [3.63, 3.8) is 0 Å². The zero-order chi connectivity index (χ0) is 10.0. The van der Waals surface area contributed by atoms with Crippen LogP contribution in [0.1, 0.15) is 5.56 Å². The van der Waals surface area contributed by atoms with Gasteiger partial charge in [0.25, 0.3) is 0 Å². The Kier molecular flexibility index (Phi) is 2.87. The summed E-state index contributed by atoms with van der Waals surface area (Å²) in [5.74, 6) is -1.66. The molecular formula is C8H7BrFNO2. The number of aliphatic carboxylic acids is 1. The summed E-state index contributed by atoms with van der Waals surface area (Å²) >= 11 is 3.03. The molecular weight excluding hydrogens is 241 g/mol. The van der Waals surface area contributed by atoms with Crippen LogP contribution >= 0.6 is 15.9 Å². The van der Waals surface area contributed by atoms with E-state index in [2.05, 4.69) is 15.9 Å². The molecule has 0 bridgehead atoms. The molecule has 0 radical (unpaired) electrons. The largest absolute Gasteiger partial charge is 0.481 e. The number of carboxylic acid groups (broad SMARTS) is 1. The normalized spacial score (nSPS) is 10.0. The third-order valence-corrected chi connectivity index (χ3v) is 2.48. The topological polar surface area (TPSA) is 63.3 Å². The monoisotopic (exact) mass is 247 g/mol. The predicted octanol–water partition coefficient (Wildman–Crippen LogP) is 1.80. The summed E-state index contributed by atoms with van der Waals surface area (Å²) in [5.41, 5.74) is 5.87. The van der Waals surface area contributed by atoms with Crippen molar-refractivity contribution in [2.24, 2.45) is 0 Å². The number of benzene rings is 1. The van der Waals surface area contributed by atoms with Crippen LogP contribution in [0.15, 0.2) is 16.6 Å². The van der Waals surface area contributed by atoms with Crippen molar-refractivity contribution in [2.75, 3.05) is 5.73 Å². The van der Waals surface area contributed by atoms with E-state index in [0.29, 0.717) is 10.2 Å². The van der Waals surface area contributed by atoms with Crippen LogP contribution in [0.2, 0.25) is 0 Å². The van der Waals surface area contributed by atoms with Gasteiger partial charge in [-0.2, -0.15) is 0 Å². The fourth-order valence-electron chi connectivity index (χ4n) is 0.929. The second kappa shape index (κ2) is 3.74. The van der Waals surface area contributed by atoms with Crippen molar-refractivity contribution >= 4 is 27.6 Å². The zero-order valence-corrected chi connectivity index (χ0v) is 8.14. The molecule has 0 amide bonds. The highest BCUT2D eigenvalue weighted by Crippen LogP contribution is 2.26. The molecule has 1 rings (SSSR count). The number of rotatable bonds is 2. The van der Waals surface area contributed by atoms with Gasteiger partial charge in [0.15, 0.2) is 0 Å². The van der Waals surface area contributed by atoms with Gasteiger partial charge in [-0.3, -0.25) is 4.79 Å². The number of carbonyl (C=O) groups is 1.